The number of hydrogen-bond acceptors (Lipinski definition) is 5. The van der Waals surface area contributed by atoms with Crippen LogP contribution in [0.5, 0.6) is 5.75 Å². The Morgan fingerprint density at radius 3 is 3.19 bits per heavy atom. The van der Waals surface area contributed by atoms with Gasteiger partial charge < -0.3 is 15.2 Å². The largest absolute Gasteiger partial charge is 0.483 e. The number of aryl methyl sites for hydroxylation is 2. The Kier molecular flexibility index (Phi) is 3.16. The lowest BCUT2D eigenvalue weighted by molar-refractivity contribution is 0.140. The van der Waals surface area contributed by atoms with Crippen LogP contribution in [0.3, 0.4) is 0 Å². The summed E-state index contributed by atoms with van der Waals surface area (Å²) in [5.41, 5.74) is 8.27. The van der Waals surface area contributed by atoms with E-state index in [1.807, 2.05) is 10.9 Å². The molecule has 2 atom stereocenters. The molecule has 1 saturated heterocycles. The maximum absolute atomic E-state index is 5.91. The molecule has 0 unspecified atom stereocenters. The summed E-state index contributed by atoms with van der Waals surface area (Å²) in [5.74, 6) is 0.729. The molecule has 0 radical (unpaired) electrons. The van der Waals surface area contributed by atoms with Gasteiger partial charge in [0.2, 0.25) is 0 Å². The second-order valence-corrected chi connectivity index (χ2v) is 5.68. The molecule has 0 amide bonds. The SMILES string of the molecule is N[C@H]1COC[C@H]1Oc1cnn(Cc2cc3n(n2)CCC3)c1. The molecule has 2 aromatic heterocycles. The van der Waals surface area contributed by atoms with Gasteiger partial charge in [-0.05, 0) is 18.9 Å². The summed E-state index contributed by atoms with van der Waals surface area (Å²) in [6.45, 7) is 2.79. The van der Waals surface area contributed by atoms with Gasteiger partial charge in [-0.3, -0.25) is 9.36 Å². The van der Waals surface area contributed by atoms with Gasteiger partial charge in [-0.25, -0.2) is 0 Å². The molecule has 0 aliphatic carbocycles. The third-order valence-electron chi connectivity index (χ3n) is 4.01. The number of nitrogens with two attached hydrogens (primary N) is 1. The molecule has 1 fully saturated rings. The third-order valence-corrected chi connectivity index (χ3v) is 4.01. The summed E-state index contributed by atoms with van der Waals surface area (Å²) in [6, 6.07) is 2.10. The zero-order valence-electron chi connectivity index (χ0n) is 11.8. The van der Waals surface area contributed by atoms with E-state index in [0.717, 1.165) is 24.4 Å². The molecular formula is C14H19N5O2. The van der Waals surface area contributed by atoms with Crippen LogP contribution in [0, 0.1) is 0 Å². The summed E-state index contributed by atoms with van der Waals surface area (Å²) in [4.78, 5) is 0. The molecule has 112 valence electrons. The van der Waals surface area contributed by atoms with E-state index in [-0.39, 0.29) is 12.1 Å². The van der Waals surface area contributed by atoms with Crippen LogP contribution in [-0.4, -0.2) is 44.9 Å². The van der Waals surface area contributed by atoms with Crippen molar-refractivity contribution in [2.24, 2.45) is 5.73 Å². The van der Waals surface area contributed by atoms with Crippen LogP contribution in [0.1, 0.15) is 17.8 Å². The first kappa shape index (κ1) is 12.8. The molecule has 21 heavy (non-hydrogen) atoms. The molecule has 2 aliphatic heterocycles. The quantitative estimate of drug-likeness (QED) is 0.868. The fourth-order valence-electron chi connectivity index (χ4n) is 2.90. The van der Waals surface area contributed by atoms with Gasteiger partial charge in [-0.2, -0.15) is 10.2 Å². The number of rotatable bonds is 4. The van der Waals surface area contributed by atoms with Gasteiger partial charge in [0, 0.05) is 12.2 Å². The molecule has 4 rings (SSSR count). The van der Waals surface area contributed by atoms with Gasteiger partial charge in [-0.1, -0.05) is 0 Å². The van der Waals surface area contributed by atoms with Gasteiger partial charge in [0.05, 0.1) is 43.9 Å². The highest BCUT2D eigenvalue weighted by atomic mass is 16.5. The maximum Gasteiger partial charge on any atom is 0.157 e. The highest BCUT2D eigenvalue weighted by molar-refractivity contribution is 5.16. The Morgan fingerprint density at radius 1 is 1.43 bits per heavy atom. The molecule has 0 bridgehead atoms. The summed E-state index contributed by atoms with van der Waals surface area (Å²) in [5, 5.41) is 8.91. The summed E-state index contributed by atoms with van der Waals surface area (Å²) in [7, 11) is 0. The van der Waals surface area contributed by atoms with Crippen LogP contribution in [0.15, 0.2) is 18.5 Å². The average molecular weight is 289 g/mol. The summed E-state index contributed by atoms with van der Waals surface area (Å²) >= 11 is 0. The van der Waals surface area contributed by atoms with Gasteiger partial charge in [0.25, 0.3) is 0 Å². The van der Waals surface area contributed by atoms with Crippen LogP contribution in [0.4, 0.5) is 0 Å². The summed E-state index contributed by atoms with van der Waals surface area (Å²) in [6.07, 6.45) is 5.84. The monoisotopic (exact) mass is 289 g/mol. The predicted octanol–water partition coefficient (Wildman–Crippen LogP) is 0.179. The lowest BCUT2D eigenvalue weighted by Gasteiger charge is -2.13. The van der Waals surface area contributed by atoms with Crippen LogP contribution < -0.4 is 10.5 Å². The van der Waals surface area contributed by atoms with Gasteiger partial charge >= 0.3 is 0 Å². The number of fused-ring (bicyclic) bond motifs is 1. The highest BCUT2D eigenvalue weighted by Crippen LogP contribution is 2.18. The van der Waals surface area contributed by atoms with E-state index in [4.69, 9.17) is 15.2 Å². The minimum Gasteiger partial charge on any atom is -0.483 e. The van der Waals surface area contributed by atoms with E-state index >= 15 is 0 Å². The van der Waals surface area contributed by atoms with E-state index in [1.165, 1.54) is 12.1 Å². The zero-order chi connectivity index (χ0) is 14.2. The van der Waals surface area contributed by atoms with E-state index in [1.54, 1.807) is 6.20 Å². The van der Waals surface area contributed by atoms with Crippen LogP contribution >= 0.6 is 0 Å². The first-order valence-corrected chi connectivity index (χ1v) is 7.36. The van der Waals surface area contributed by atoms with Gasteiger partial charge in [0.1, 0.15) is 6.10 Å². The van der Waals surface area contributed by atoms with Crippen molar-refractivity contribution in [1.29, 1.82) is 0 Å². The first-order chi connectivity index (χ1) is 10.3. The van der Waals surface area contributed by atoms with Crippen molar-refractivity contribution < 1.29 is 9.47 Å². The van der Waals surface area contributed by atoms with Crippen molar-refractivity contribution in [3.05, 3.63) is 29.8 Å². The van der Waals surface area contributed by atoms with Gasteiger partial charge in [0.15, 0.2) is 5.75 Å². The maximum atomic E-state index is 5.91. The Hall–Kier alpha value is -1.86. The van der Waals surface area contributed by atoms with Crippen molar-refractivity contribution in [3.63, 3.8) is 0 Å². The molecule has 4 heterocycles. The molecular weight excluding hydrogens is 270 g/mol. The van der Waals surface area contributed by atoms with Crippen molar-refractivity contribution >= 4 is 0 Å². The van der Waals surface area contributed by atoms with Crippen LogP contribution in [0.25, 0.3) is 0 Å². The fraction of sp³-hybridized carbons (Fsp3) is 0.571. The molecule has 2 N–H and O–H groups in total. The van der Waals surface area contributed by atoms with Crippen molar-refractivity contribution in [2.75, 3.05) is 13.2 Å². The van der Waals surface area contributed by atoms with Crippen LogP contribution in [0.2, 0.25) is 0 Å². The number of hydrogen-bond donors (Lipinski definition) is 1. The Morgan fingerprint density at radius 2 is 2.38 bits per heavy atom. The predicted molar refractivity (Wildman–Crippen MR) is 75.1 cm³/mol. The van der Waals surface area contributed by atoms with Gasteiger partial charge in [-0.15, -0.1) is 0 Å². The number of nitrogens with zero attached hydrogens (tertiary/aromatic N) is 4. The molecule has 7 heteroatoms. The minimum absolute atomic E-state index is 0.0653. The standard InChI is InChI=1S/C14H19N5O2/c15-13-8-20-9-14(13)21-12-5-16-18(7-12)6-10-4-11-2-1-3-19(11)17-10/h4-5,7,13-14H,1-3,6,8-9,15H2/t13-,14+/m0/s1. The number of ether oxygens (including phenoxy) is 2. The average Bonchev–Trinajstić information content (AvgIpc) is 3.18. The molecule has 0 aromatic carbocycles. The van der Waals surface area contributed by atoms with Crippen molar-refractivity contribution in [3.8, 4) is 5.75 Å². The Bertz CT molecular complexity index is 614. The number of aromatic nitrogens is 4. The third kappa shape index (κ3) is 2.54. The topological polar surface area (TPSA) is 80.1 Å². The van der Waals surface area contributed by atoms with E-state index in [2.05, 4.69) is 20.9 Å². The highest BCUT2D eigenvalue weighted by Gasteiger charge is 2.27. The first-order valence-electron chi connectivity index (χ1n) is 7.36. The molecule has 7 nitrogen and oxygen atoms in total. The zero-order valence-corrected chi connectivity index (χ0v) is 11.8. The van der Waals surface area contributed by atoms with E-state index in [0.29, 0.717) is 19.8 Å². The van der Waals surface area contributed by atoms with Crippen molar-refractivity contribution in [2.45, 2.75) is 38.1 Å². The molecule has 0 spiro atoms. The normalized spacial score (nSPS) is 24.4. The molecule has 0 saturated carbocycles. The lowest BCUT2D eigenvalue weighted by Crippen LogP contribution is -2.37. The Labute approximate surface area is 122 Å². The second kappa shape index (κ2) is 5.16. The molecule has 2 aromatic rings. The lowest BCUT2D eigenvalue weighted by atomic mass is 10.2. The minimum atomic E-state index is -0.0842. The smallest absolute Gasteiger partial charge is 0.157 e. The van der Waals surface area contributed by atoms with Crippen LogP contribution in [-0.2, 0) is 24.2 Å². The van der Waals surface area contributed by atoms with E-state index < -0.39 is 0 Å². The molecule has 2 aliphatic rings. The van der Waals surface area contributed by atoms with E-state index in [9.17, 15) is 0 Å². The second-order valence-electron chi connectivity index (χ2n) is 5.68. The fourth-order valence-corrected chi connectivity index (χ4v) is 2.90. The summed E-state index contributed by atoms with van der Waals surface area (Å²) < 4.78 is 15.0. The Balaban J connectivity index is 1.42. The van der Waals surface area contributed by atoms with Crippen molar-refractivity contribution in [1.82, 2.24) is 19.6 Å².